The molecule has 4 aromatic rings. The van der Waals surface area contributed by atoms with E-state index in [4.69, 9.17) is 86.3 Å². The van der Waals surface area contributed by atoms with Gasteiger partial charge in [-0.1, -0.05) is 58.5 Å². The standard InChI is InChI=1S/C68H96Cl4N14O16/c69-49-35-47(36-50(70)39-49)55(43-65(91)92)85-67(95)57(83-63(89)11-3-7-17-79-59-9-1-5-15-77-59)41-53(73)45-75-19-23-97-27-31-101-33-29-99-25-21-81-61(87)13-14-62(88)82-22-26-100-30-34-102-32-28-98-24-20-76-46-54(74)42-58(84-64(90)12-4-8-18-80-60-10-2-6-16-78-60)68(96)86-56(44-66(93)94)48-37-51(71)40-52(72)38-48/h1-2,5-6,9-10,15-16,35-40,45-46,55-58,75-76H,3-4,7-8,11-14,17-34,41-44,73-74H2,(H,77,79)(H,78,80)(H,81,87)(H,82,88)(H,83,89)(H,84,90)(H,85,95)(H,86,96)(H,91,92)(H,93,94)/b53-45-,54-46-/t55?,56?,57-,58-/m0/s1. The molecule has 102 heavy (non-hydrogen) atoms. The Balaban J connectivity index is 0.981. The number of ether oxygens (including phenoxy) is 6. The van der Waals surface area contributed by atoms with Gasteiger partial charge in [0.1, 0.15) is 23.7 Å². The molecule has 30 nitrogen and oxygen atoms in total. The highest BCUT2D eigenvalue weighted by Crippen LogP contribution is 2.28. The van der Waals surface area contributed by atoms with Crippen LogP contribution in [0.15, 0.2) is 109 Å². The van der Waals surface area contributed by atoms with Crippen molar-refractivity contribution >= 4 is 105 Å². The van der Waals surface area contributed by atoms with Gasteiger partial charge in [-0.25, -0.2) is 9.97 Å². The summed E-state index contributed by atoms with van der Waals surface area (Å²) >= 11 is 24.7. The average molecular weight is 1510 g/mol. The molecule has 0 aliphatic heterocycles. The Morgan fingerprint density at radius 2 is 0.755 bits per heavy atom. The molecule has 0 aliphatic rings. The first kappa shape index (κ1) is 86.1. The predicted octanol–water partition coefficient (Wildman–Crippen LogP) is 5.26. The van der Waals surface area contributed by atoms with Gasteiger partial charge in [-0.05, 0) is 97.5 Å². The number of carbonyl (C=O) groups is 8. The van der Waals surface area contributed by atoms with E-state index in [0.717, 1.165) is 0 Å². The molecular weight excluding hydrogens is 1410 g/mol. The maximum atomic E-state index is 13.7. The van der Waals surface area contributed by atoms with E-state index < -0.39 is 72.6 Å². The van der Waals surface area contributed by atoms with Crippen molar-refractivity contribution in [2.45, 2.75) is 101 Å². The minimum absolute atomic E-state index is 0.00211. The number of anilines is 2. The number of amides is 6. The lowest BCUT2D eigenvalue weighted by Crippen LogP contribution is -2.48. The summed E-state index contributed by atoms with van der Waals surface area (Å²) in [7, 11) is 0. The molecule has 562 valence electrons. The van der Waals surface area contributed by atoms with Crippen molar-refractivity contribution in [2.24, 2.45) is 11.5 Å². The monoisotopic (exact) mass is 1500 g/mol. The summed E-state index contributed by atoms with van der Waals surface area (Å²) in [5.41, 5.74) is 13.8. The van der Waals surface area contributed by atoms with Gasteiger partial charge in [0.25, 0.3) is 0 Å². The van der Waals surface area contributed by atoms with Crippen LogP contribution in [0.4, 0.5) is 11.6 Å². The van der Waals surface area contributed by atoms with Gasteiger partial charge in [0.05, 0.1) is 104 Å². The number of carboxylic acid groups (broad SMARTS) is 2. The van der Waals surface area contributed by atoms with Crippen molar-refractivity contribution in [2.75, 3.05) is 129 Å². The van der Waals surface area contributed by atoms with Crippen LogP contribution >= 0.6 is 46.4 Å². The Hall–Kier alpha value is -8.30. The highest BCUT2D eigenvalue weighted by Gasteiger charge is 2.29. The van der Waals surface area contributed by atoms with Gasteiger partial charge >= 0.3 is 11.9 Å². The second-order valence-corrected chi connectivity index (χ2v) is 24.5. The number of rotatable bonds is 57. The SMILES string of the molecule is N/C(=C\NCCOCCOCCOCCNC(=O)CCC(=O)NCCOCCOCCOCCN/C=C(\N)C[C@H](NC(=O)CCCCNc1ccccn1)C(=O)NC(CC(=O)O)c1cc(Cl)cc(Cl)c1)C[C@H](NC(=O)CCCCNc1ccccn1)C(=O)NC(CC(=O)O)c1cc(Cl)cc(Cl)c1. The highest BCUT2D eigenvalue weighted by molar-refractivity contribution is 6.35. The lowest BCUT2D eigenvalue weighted by Gasteiger charge is -2.24. The largest absolute Gasteiger partial charge is 0.481 e. The summed E-state index contributed by atoms with van der Waals surface area (Å²) in [5.74, 6) is -3.63. The van der Waals surface area contributed by atoms with Gasteiger partial charge in [0.15, 0.2) is 0 Å². The van der Waals surface area contributed by atoms with Crippen molar-refractivity contribution < 1.29 is 77.0 Å². The van der Waals surface area contributed by atoms with Crippen molar-refractivity contribution in [3.63, 3.8) is 0 Å². The topological polar surface area (TPSA) is 431 Å². The van der Waals surface area contributed by atoms with E-state index in [1.807, 2.05) is 36.4 Å². The first-order chi connectivity index (χ1) is 49.2. The fourth-order valence-electron chi connectivity index (χ4n) is 9.36. The minimum atomic E-state index is -1.18. The molecule has 0 aliphatic carbocycles. The maximum absolute atomic E-state index is 13.7. The molecule has 0 saturated carbocycles. The summed E-state index contributed by atoms with van der Waals surface area (Å²) in [6, 6.07) is 15.7. The molecule has 0 bridgehead atoms. The van der Waals surface area contributed by atoms with E-state index in [1.165, 1.54) is 48.8 Å². The highest BCUT2D eigenvalue weighted by atomic mass is 35.5. The second kappa shape index (κ2) is 52.6. The van der Waals surface area contributed by atoms with Crippen molar-refractivity contribution in [1.29, 1.82) is 0 Å². The minimum Gasteiger partial charge on any atom is -0.481 e. The van der Waals surface area contributed by atoms with Crippen LogP contribution in [0.2, 0.25) is 20.1 Å². The molecule has 0 spiro atoms. The number of nitrogens with two attached hydrogens (primary N) is 2. The third-order valence-electron chi connectivity index (χ3n) is 14.3. The number of aliphatic carboxylic acids is 2. The number of unbranched alkanes of at least 4 members (excludes halogenated alkanes) is 2. The number of hydrogen-bond donors (Lipinski definition) is 14. The van der Waals surface area contributed by atoms with Crippen molar-refractivity contribution in [1.82, 2.24) is 52.5 Å². The van der Waals surface area contributed by atoms with Crippen LogP contribution in [-0.4, -0.2) is 198 Å². The molecule has 2 aromatic heterocycles. The summed E-state index contributed by atoms with van der Waals surface area (Å²) in [6.45, 7) is 5.76. The summed E-state index contributed by atoms with van der Waals surface area (Å²) < 4.78 is 33.3. The molecular formula is C68H96Cl4N14O16. The predicted molar refractivity (Wildman–Crippen MR) is 386 cm³/mol. The van der Waals surface area contributed by atoms with Crippen LogP contribution < -0.4 is 64.6 Å². The normalized spacial score (nSPS) is 12.6. The number of benzene rings is 2. The number of nitrogens with zero attached hydrogens (tertiary/aromatic N) is 2. The Morgan fingerprint density at radius 3 is 1.09 bits per heavy atom. The van der Waals surface area contributed by atoms with E-state index in [2.05, 4.69) is 63.1 Å². The van der Waals surface area contributed by atoms with Crippen molar-refractivity contribution in [3.05, 3.63) is 140 Å². The van der Waals surface area contributed by atoms with Gasteiger partial charge < -0.3 is 103 Å². The van der Waals surface area contributed by atoms with Crippen LogP contribution in [-0.2, 0) is 66.8 Å². The lowest BCUT2D eigenvalue weighted by molar-refractivity contribution is -0.139. The Kier molecular flexibility index (Phi) is 44.4. The van der Waals surface area contributed by atoms with Gasteiger partial charge in [-0.3, -0.25) is 38.4 Å². The molecule has 16 N–H and O–H groups in total. The number of hydrogen-bond acceptors (Lipinski definition) is 22. The van der Waals surface area contributed by atoms with Gasteiger partial charge in [-0.2, -0.15) is 0 Å². The van der Waals surface area contributed by atoms with E-state index in [9.17, 15) is 48.6 Å². The zero-order valence-corrected chi connectivity index (χ0v) is 60.0. The number of carboxylic acids is 2. The molecule has 0 radical (unpaired) electrons. The molecule has 0 saturated heterocycles. The van der Waals surface area contributed by atoms with Crippen LogP contribution in [0.1, 0.15) is 100 Å². The number of nitrogens with one attached hydrogen (secondary N) is 10. The quantitative estimate of drug-likeness (QED) is 0.0251. The van der Waals surface area contributed by atoms with Gasteiger partial charge in [0.2, 0.25) is 35.4 Å². The summed E-state index contributed by atoms with van der Waals surface area (Å²) in [6.07, 6.45) is 7.78. The van der Waals surface area contributed by atoms with Gasteiger partial charge in [0, 0.05) is 134 Å². The summed E-state index contributed by atoms with van der Waals surface area (Å²) in [4.78, 5) is 110. The fourth-order valence-corrected chi connectivity index (χ4v) is 10.4. The van der Waals surface area contributed by atoms with E-state index >= 15 is 0 Å². The number of carbonyl (C=O) groups excluding carboxylic acids is 6. The third kappa shape index (κ3) is 41.6. The first-order valence-electron chi connectivity index (χ1n) is 33.4. The molecule has 0 fully saturated rings. The zero-order chi connectivity index (χ0) is 74.0. The number of halogens is 4. The average Bonchev–Trinajstić information content (AvgIpc) is 0.849. The third-order valence-corrected chi connectivity index (χ3v) is 15.2. The Labute approximate surface area is 613 Å². The van der Waals surface area contributed by atoms with E-state index in [0.29, 0.717) is 114 Å². The molecule has 4 rings (SSSR count). The molecule has 34 heteroatoms. The van der Waals surface area contributed by atoms with E-state index in [-0.39, 0.29) is 135 Å². The van der Waals surface area contributed by atoms with Gasteiger partial charge in [-0.15, -0.1) is 0 Å². The molecule has 2 unspecified atom stereocenters. The first-order valence-corrected chi connectivity index (χ1v) is 34.9. The van der Waals surface area contributed by atoms with Crippen LogP contribution in [0, 0.1) is 0 Å². The zero-order valence-electron chi connectivity index (χ0n) is 56.9. The van der Waals surface area contributed by atoms with Crippen molar-refractivity contribution in [3.8, 4) is 0 Å². The summed E-state index contributed by atoms with van der Waals surface area (Å²) in [5, 5.41) is 49.1. The number of aromatic nitrogens is 2. The molecule has 2 aromatic carbocycles. The molecule has 6 amide bonds. The Bertz CT molecular complexity index is 2980. The van der Waals surface area contributed by atoms with E-state index in [1.54, 1.807) is 12.4 Å². The van der Waals surface area contributed by atoms with Crippen LogP contribution in [0.5, 0.6) is 0 Å². The smallest absolute Gasteiger partial charge is 0.305 e. The maximum Gasteiger partial charge on any atom is 0.305 e. The molecule has 4 atom stereocenters. The Morgan fingerprint density at radius 1 is 0.412 bits per heavy atom. The molecule has 2 heterocycles. The van der Waals surface area contributed by atoms with Crippen LogP contribution in [0.25, 0.3) is 0 Å². The number of pyridine rings is 2. The fraction of sp³-hybridized carbons (Fsp3) is 0.500. The second-order valence-electron chi connectivity index (χ2n) is 22.8. The lowest BCUT2D eigenvalue weighted by atomic mass is 10.0. The van der Waals surface area contributed by atoms with Crippen LogP contribution in [0.3, 0.4) is 0 Å².